The quantitative estimate of drug-likeness (QED) is 0.251. The monoisotopic (exact) mass is 440 g/mol. The summed E-state index contributed by atoms with van der Waals surface area (Å²) in [6, 6.07) is 0.515. The zero-order valence-corrected chi connectivity index (χ0v) is 17.8. The maximum atomic E-state index is 5.36. The van der Waals surface area contributed by atoms with Gasteiger partial charge in [0.25, 0.3) is 0 Å². The molecule has 2 unspecified atom stereocenters. The number of hydrogen-bond acceptors (Lipinski definition) is 3. The number of halogens is 1. The van der Waals surface area contributed by atoms with Gasteiger partial charge in [-0.1, -0.05) is 6.92 Å². The van der Waals surface area contributed by atoms with E-state index in [1.807, 2.05) is 6.92 Å². The van der Waals surface area contributed by atoms with Crippen LogP contribution in [0, 0.1) is 5.92 Å². The predicted molar refractivity (Wildman–Crippen MR) is 110 cm³/mol. The molecular weight excluding hydrogens is 403 g/mol. The minimum Gasteiger partial charge on any atom is -0.382 e. The molecule has 5 nitrogen and oxygen atoms in total. The molecule has 1 heterocycles. The van der Waals surface area contributed by atoms with Gasteiger partial charge in [0.2, 0.25) is 0 Å². The molecule has 2 atom stereocenters. The number of piperidine rings is 1. The van der Waals surface area contributed by atoms with Gasteiger partial charge in [-0.25, -0.2) is 0 Å². The fraction of sp³-hybridized carbons (Fsp3) is 0.941. The Hall–Kier alpha value is -0.0800. The minimum atomic E-state index is 0. The van der Waals surface area contributed by atoms with Gasteiger partial charge < -0.3 is 15.4 Å². The van der Waals surface area contributed by atoms with Gasteiger partial charge >= 0.3 is 0 Å². The van der Waals surface area contributed by atoms with Gasteiger partial charge in [0.1, 0.15) is 0 Å². The van der Waals surface area contributed by atoms with E-state index in [9.17, 15) is 0 Å². The Morgan fingerprint density at radius 2 is 2.13 bits per heavy atom. The molecule has 0 bridgehead atoms. The summed E-state index contributed by atoms with van der Waals surface area (Å²) in [5.74, 6) is 1.75. The van der Waals surface area contributed by atoms with Crippen molar-refractivity contribution in [1.82, 2.24) is 15.5 Å². The normalized spacial score (nSPS) is 20.7. The lowest BCUT2D eigenvalue weighted by atomic mass is 9.99. The second-order valence-corrected chi connectivity index (χ2v) is 6.29. The molecule has 1 aliphatic heterocycles. The molecule has 0 aromatic heterocycles. The van der Waals surface area contributed by atoms with Gasteiger partial charge in [0.15, 0.2) is 5.96 Å². The Morgan fingerprint density at radius 3 is 2.78 bits per heavy atom. The zero-order valence-electron chi connectivity index (χ0n) is 15.4. The fourth-order valence-corrected chi connectivity index (χ4v) is 2.83. The van der Waals surface area contributed by atoms with E-state index in [0.29, 0.717) is 6.04 Å². The number of nitrogens with one attached hydrogen (secondary N) is 2. The standard InChI is InChI=1S/C17H36N4O.HI/c1-5-18-17(19-10-8-12-22-6-2)20-13-16(4)21-11-7-9-15(3)14-21;/h15-16H,5-14H2,1-4H3,(H2,18,19,20);1H. The van der Waals surface area contributed by atoms with Gasteiger partial charge in [0, 0.05) is 38.9 Å². The molecule has 0 amide bonds. The van der Waals surface area contributed by atoms with E-state index in [1.54, 1.807) is 0 Å². The van der Waals surface area contributed by atoms with Crippen molar-refractivity contribution in [2.75, 3.05) is 45.9 Å². The largest absolute Gasteiger partial charge is 0.382 e. The van der Waals surface area contributed by atoms with Crippen molar-refractivity contribution in [3.63, 3.8) is 0 Å². The van der Waals surface area contributed by atoms with Gasteiger partial charge in [-0.2, -0.15) is 0 Å². The maximum Gasteiger partial charge on any atom is 0.191 e. The van der Waals surface area contributed by atoms with Crippen LogP contribution in [-0.4, -0.2) is 62.8 Å². The van der Waals surface area contributed by atoms with Crippen LogP contribution in [0.15, 0.2) is 4.99 Å². The maximum absolute atomic E-state index is 5.36. The third-order valence-corrected chi connectivity index (χ3v) is 4.13. The summed E-state index contributed by atoms with van der Waals surface area (Å²) >= 11 is 0. The van der Waals surface area contributed by atoms with Crippen molar-refractivity contribution in [3.05, 3.63) is 0 Å². The van der Waals surface area contributed by atoms with Gasteiger partial charge in [-0.05, 0) is 52.5 Å². The zero-order chi connectivity index (χ0) is 16.2. The average Bonchev–Trinajstić information content (AvgIpc) is 2.52. The third kappa shape index (κ3) is 10.4. The van der Waals surface area contributed by atoms with E-state index < -0.39 is 0 Å². The molecule has 0 spiro atoms. The molecule has 23 heavy (non-hydrogen) atoms. The summed E-state index contributed by atoms with van der Waals surface area (Å²) in [6.07, 6.45) is 3.71. The third-order valence-electron chi connectivity index (χ3n) is 4.13. The van der Waals surface area contributed by atoms with Crippen LogP contribution in [0.5, 0.6) is 0 Å². The summed E-state index contributed by atoms with van der Waals surface area (Å²) < 4.78 is 5.36. The van der Waals surface area contributed by atoms with E-state index in [2.05, 4.69) is 36.3 Å². The first-order chi connectivity index (χ1) is 10.7. The van der Waals surface area contributed by atoms with E-state index in [-0.39, 0.29) is 24.0 Å². The highest BCUT2D eigenvalue weighted by atomic mass is 127. The molecule has 138 valence electrons. The topological polar surface area (TPSA) is 48.9 Å². The first kappa shape index (κ1) is 22.9. The number of hydrogen-bond donors (Lipinski definition) is 2. The molecular formula is C17H37IN4O. The van der Waals surface area contributed by atoms with Crippen LogP contribution in [0.4, 0.5) is 0 Å². The lowest BCUT2D eigenvalue weighted by Gasteiger charge is -2.35. The molecule has 0 saturated carbocycles. The van der Waals surface area contributed by atoms with Crippen molar-refractivity contribution in [3.8, 4) is 0 Å². The van der Waals surface area contributed by atoms with Crippen molar-refractivity contribution >= 4 is 29.9 Å². The molecule has 1 saturated heterocycles. The van der Waals surface area contributed by atoms with E-state index in [4.69, 9.17) is 9.73 Å². The molecule has 0 aliphatic carbocycles. The SMILES string of the molecule is CCNC(=NCC(C)N1CCCC(C)C1)NCCCOCC.I. The molecule has 0 aromatic rings. The summed E-state index contributed by atoms with van der Waals surface area (Å²) in [7, 11) is 0. The highest BCUT2D eigenvalue weighted by Gasteiger charge is 2.20. The summed E-state index contributed by atoms with van der Waals surface area (Å²) in [5.41, 5.74) is 0. The molecule has 2 N–H and O–H groups in total. The van der Waals surface area contributed by atoms with Crippen molar-refractivity contribution in [2.45, 2.75) is 53.0 Å². The highest BCUT2D eigenvalue weighted by molar-refractivity contribution is 14.0. The number of likely N-dealkylation sites (tertiary alicyclic amines) is 1. The van der Waals surface area contributed by atoms with Crippen molar-refractivity contribution in [1.29, 1.82) is 0 Å². The smallest absolute Gasteiger partial charge is 0.191 e. The number of ether oxygens (including phenoxy) is 1. The highest BCUT2D eigenvalue weighted by Crippen LogP contribution is 2.17. The van der Waals surface area contributed by atoms with E-state index in [1.165, 1.54) is 25.9 Å². The lowest BCUT2D eigenvalue weighted by molar-refractivity contribution is 0.142. The Morgan fingerprint density at radius 1 is 1.35 bits per heavy atom. The molecule has 1 fully saturated rings. The Labute approximate surface area is 160 Å². The molecule has 0 aromatic carbocycles. The van der Waals surface area contributed by atoms with Crippen LogP contribution >= 0.6 is 24.0 Å². The van der Waals surface area contributed by atoms with Crippen molar-refractivity contribution < 1.29 is 4.74 Å². The summed E-state index contributed by atoms with van der Waals surface area (Å²) in [6.45, 7) is 15.5. The number of nitrogens with zero attached hydrogens (tertiary/aromatic N) is 2. The first-order valence-corrected chi connectivity index (χ1v) is 9.01. The summed E-state index contributed by atoms with van der Waals surface area (Å²) in [4.78, 5) is 7.32. The first-order valence-electron chi connectivity index (χ1n) is 9.01. The minimum absolute atomic E-state index is 0. The molecule has 6 heteroatoms. The van der Waals surface area contributed by atoms with Gasteiger partial charge in [-0.3, -0.25) is 9.89 Å². The van der Waals surface area contributed by atoms with Gasteiger partial charge in [0.05, 0.1) is 6.54 Å². The Bertz CT molecular complexity index is 315. The molecule has 0 radical (unpaired) electrons. The van der Waals surface area contributed by atoms with Crippen molar-refractivity contribution in [2.24, 2.45) is 10.9 Å². The number of aliphatic imine (C=N–C) groups is 1. The van der Waals surface area contributed by atoms with E-state index in [0.717, 1.165) is 51.1 Å². The fourth-order valence-electron chi connectivity index (χ4n) is 2.83. The predicted octanol–water partition coefficient (Wildman–Crippen LogP) is 2.71. The van der Waals surface area contributed by atoms with Crippen LogP contribution < -0.4 is 10.6 Å². The number of rotatable bonds is 9. The van der Waals surface area contributed by atoms with Crippen LogP contribution in [0.2, 0.25) is 0 Å². The second kappa shape index (κ2) is 14.3. The van der Waals surface area contributed by atoms with E-state index >= 15 is 0 Å². The Balaban J connectivity index is 0.00000484. The summed E-state index contributed by atoms with van der Waals surface area (Å²) in [5, 5.41) is 6.71. The molecule has 1 rings (SSSR count). The van der Waals surface area contributed by atoms with Crippen LogP contribution in [0.25, 0.3) is 0 Å². The Kier molecular flexibility index (Phi) is 14.2. The second-order valence-electron chi connectivity index (χ2n) is 6.29. The van der Waals surface area contributed by atoms with Gasteiger partial charge in [-0.15, -0.1) is 24.0 Å². The van der Waals surface area contributed by atoms with Crippen LogP contribution in [0.3, 0.4) is 0 Å². The van der Waals surface area contributed by atoms with Crippen LogP contribution in [0.1, 0.15) is 47.0 Å². The molecule has 1 aliphatic rings. The van der Waals surface area contributed by atoms with Crippen LogP contribution in [-0.2, 0) is 4.74 Å². The number of guanidine groups is 1. The average molecular weight is 440 g/mol. The lowest BCUT2D eigenvalue weighted by Crippen LogP contribution is -2.43.